The van der Waals surface area contributed by atoms with Crippen LogP contribution in [0.25, 0.3) is 0 Å². The number of carbonyl (C=O) groups excluding carboxylic acids is 1. The average Bonchev–Trinajstić information content (AvgIpc) is 3.25. The summed E-state index contributed by atoms with van der Waals surface area (Å²) in [6.45, 7) is 6.65. The fourth-order valence-electron chi connectivity index (χ4n) is 2.53. The molecular formula is C16H22N6OS. The van der Waals surface area contributed by atoms with Gasteiger partial charge in [0.05, 0.1) is 0 Å². The van der Waals surface area contributed by atoms with E-state index in [1.54, 1.807) is 6.20 Å². The zero-order valence-electron chi connectivity index (χ0n) is 14.0. The van der Waals surface area contributed by atoms with E-state index in [1.165, 1.54) is 24.2 Å². The maximum absolute atomic E-state index is 12.0. The van der Waals surface area contributed by atoms with E-state index in [2.05, 4.69) is 30.7 Å². The van der Waals surface area contributed by atoms with Crippen LogP contribution >= 0.6 is 11.3 Å². The van der Waals surface area contributed by atoms with Gasteiger partial charge >= 0.3 is 6.03 Å². The fourth-order valence-corrected chi connectivity index (χ4v) is 3.27. The number of aromatic nitrogens is 3. The molecule has 3 rings (SSSR count). The maximum atomic E-state index is 12.0. The fraction of sp³-hybridized carbons (Fsp3) is 0.500. The number of rotatable bonds is 5. The zero-order valence-corrected chi connectivity index (χ0v) is 14.8. The number of nitrogens with one attached hydrogen (secondary N) is 2. The van der Waals surface area contributed by atoms with Crippen molar-refractivity contribution >= 4 is 28.3 Å². The number of amides is 2. The van der Waals surface area contributed by atoms with Crippen molar-refractivity contribution in [3.8, 4) is 0 Å². The Bertz CT molecular complexity index is 695. The molecule has 128 valence electrons. The highest BCUT2D eigenvalue weighted by Crippen LogP contribution is 2.22. The standard InChI is InChI=1S/C16H22N6OS/c1-11(2)14-20-21-16(24-14)19-15(23)18-10-12-5-6-17-13(9-12)22-7-3-4-8-22/h5-6,9,11H,3-4,7-8,10H2,1-2H3,(H2,18,19,21,23). The largest absolute Gasteiger partial charge is 0.357 e. The summed E-state index contributed by atoms with van der Waals surface area (Å²) in [6.07, 6.45) is 4.22. The molecule has 1 aliphatic rings. The third kappa shape index (κ3) is 4.19. The van der Waals surface area contributed by atoms with Crippen molar-refractivity contribution in [3.05, 3.63) is 28.9 Å². The molecule has 3 heterocycles. The van der Waals surface area contributed by atoms with Crippen molar-refractivity contribution in [2.24, 2.45) is 0 Å². The van der Waals surface area contributed by atoms with E-state index in [0.29, 0.717) is 17.6 Å². The maximum Gasteiger partial charge on any atom is 0.321 e. The first-order valence-electron chi connectivity index (χ1n) is 8.20. The number of urea groups is 1. The van der Waals surface area contributed by atoms with Crippen LogP contribution in [0.1, 0.15) is 43.2 Å². The van der Waals surface area contributed by atoms with Gasteiger partial charge in [-0.1, -0.05) is 25.2 Å². The monoisotopic (exact) mass is 346 g/mol. The van der Waals surface area contributed by atoms with Crippen molar-refractivity contribution in [1.82, 2.24) is 20.5 Å². The predicted molar refractivity (Wildman–Crippen MR) is 95.5 cm³/mol. The van der Waals surface area contributed by atoms with Crippen molar-refractivity contribution in [2.75, 3.05) is 23.3 Å². The van der Waals surface area contributed by atoms with Crippen LogP contribution in [-0.4, -0.2) is 34.3 Å². The molecular weight excluding hydrogens is 324 g/mol. The Labute approximate surface area is 145 Å². The first-order valence-corrected chi connectivity index (χ1v) is 9.01. The van der Waals surface area contributed by atoms with Crippen molar-refractivity contribution in [1.29, 1.82) is 0 Å². The molecule has 2 aromatic rings. The van der Waals surface area contributed by atoms with E-state index in [9.17, 15) is 4.79 Å². The number of hydrogen-bond donors (Lipinski definition) is 2. The van der Waals surface area contributed by atoms with E-state index in [4.69, 9.17) is 0 Å². The molecule has 1 saturated heterocycles. The number of hydrogen-bond acceptors (Lipinski definition) is 6. The average molecular weight is 346 g/mol. The highest BCUT2D eigenvalue weighted by Gasteiger charge is 2.14. The topological polar surface area (TPSA) is 83.0 Å². The van der Waals surface area contributed by atoms with Crippen LogP contribution < -0.4 is 15.5 Å². The van der Waals surface area contributed by atoms with E-state index in [-0.39, 0.29) is 6.03 Å². The van der Waals surface area contributed by atoms with Gasteiger partial charge in [0.25, 0.3) is 0 Å². The second-order valence-electron chi connectivity index (χ2n) is 6.12. The lowest BCUT2D eigenvalue weighted by atomic mass is 10.2. The Morgan fingerprint density at radius 3 is 2.83 bits per heavy atom. The van der Waals surface area contributed by atoms with Crippen LogP contribution in [0.3, 0.4) is 0 Å². The lowest BCUT2D eigenvalue weighted by Gasteiger charge is -2.16. The van der Waals surface area contributed by atoms with Crippen LogP contribution in [0, 0.1) is 0 Å². The molecule has 1 aliphatic heterocycles. The van der Waals surface area contributed by atoms with Crippen LogP contribution in [0.15, 0.2) is 18.3 Å². The molecule has 0 aliphatic carbocycles. The Hall–Kier alpha value is -2.22. The number of nitrogens with zero attached hydrogens (tertiary/aromatic N) is 4. The van der Waals surface area contributed by atoms with E-state index < -0.39 is 0 Å². The van der Waals surface area contributed by atoms with Gasteiger partial charge in [0.15, 0.2) is 0 Å². The molecule has 0 radical (unpaired) electrons. The zero-order chi connectivity index (χ0) is 16.9. The summed E-state index contributed by atoms with van der Waals surface area (Å²) in [7, 11) is 0. The third-order valence-electron chi connectivity index (χ3n) is 3.85. The van der Waals surface area contributed by atoms with Gasteiger partial charge in [-0.25, -0.2) is 9.78 Å². The summed E-state index contributed by atoms with van der Waals surface area (Å²) in [6, 6.07) is 3.68. The van der Waals surface area contributed by atoms with Crippen molar-refractivity contribution in [2.45, 2.75) is 39.2 Å². The van der Waals surface area contributed by atoms with E-state index in [0.717, 1.165) is 29.5 Å². The van der Waals surface area contributed by atoms with Gasteiger partial charge in [0.1, 0.15) is 10.8 Å². The number of pyridine rings is 1. The molecule has 0 unspecified atom stereocenters. The predicted octanol–water partition coefficient (Wildman–Crippen LogP) is 2.98. The number of carbonyl (C=O) groups is 1. The molecule has 2 amide bonds. The van der Waals surface area contributed by atoms with Crippen molar-refractivity contribution in [3.63, 3.8) is 0 Å². The van der Waals surface area contributed by atoms with Gasteiger partial charge in [0, 0.05) is 31.7 Å². The van der Waals surface area contributed by atoms with E-state index in [1.807, 2.05) is 26.0 Å². The highest BCUT2D eigenvalue weighted by molar-refractivity contribution is 7.15. The summed E-state index contributed by atoms with van der Waals surface area (Å²) in [4.78, 5) is 18.7. The molecule has 24 heavy (non-hydrogen) atoms. The Balaban J connectivity index is 1.53. The first-order chi connectivity index (χ1) is 11.6. The summed E-state index contributed by atoms with van der Waals surface area (Å²) < 4.78 is 0. The van der Waals surface area contributed by atoms with Crippen LogP contribution in [0.2, 0.25) is 0 Å². The Morgan fingerprint density at radius 1 is 1.33 bits per heavy atom. The second-order valence-corrected chi connectivity index (χ2v) is 7.13. The quantitative estimate of drug-likeness (QED) is 0.869. The van der Waals surface area contributed by atoms with Gasteiger partial charge in [-0.3, -0.25) is 5.32 Å². The van der Waals surface area contributed by atoms with Gasteiger partial charge in [-0.05, 0) is 30.5 Å². The minimum absolute atomic E-state index is 0.277. The Morgan fingerprint density at radius 2 is 2.12 bits per heavy atom. The summed E-state index contributed by atoms with van der Waals surface area (Å²) >= 11 is 1.40. The molecule has 1 fully saturated rings. The highest BCUT2D eigenvalue weighted by atomic mass is 32.1. The smallest absolute Gasteiger partial charge is 0.321 e. The summed E-state index contributed by atoms with van der Waals surface area (Å²) in [5.41, 5.74) is 1.03. The molecule has 7 nitrogen and oxygen atoms in total. The van der Waals surface area contributed by atoms with Gasteiger partial charge in [-0.2, -0.15) is 0 Å². The number of anilines is 2. The molecule has 0 spiro atoms. The lowest BCUT2D eigenvalue weighted by molar-refractivity contribution is 0.251. The van der Waals surface area contributed by atoms with Crippen LogP contribution in [0.4, 0.5) is 15.7 Å². The molecule has 0 bridgehead atoms. The van der Waals surface area contributed by atoms with Gasteiger partial charge < -0.3 is 10.2 Å². The first kappa shape index (κ1) is 16.6. The van der Waals surface area contributed by atoms with Crippen LogP contribution in [-0.2, 0) is 6.54 Å². The summed E-state index contributed by atoms with van der Waals surface area (Å²) in [5.74, 6) is 1.29. The third-order valence-corrected chi connectivity index (χ3v) is 4.99. The van der Waals surface area contributed by atoms with E-state index >= 15 is 0 Å². The molecule has 0 aromatic carbocycles. The van der Waals surface area contributed by atoms with Gasteiger partial charge in [0.2, 0.25) is 5.13 Å². The molecule has 2 aromatic heterocycles. The second kappa shape index (κ2) is 7.57. The minimum Gasteiger partial charge on any atom is -0.357 e. The Kier molecular flexibility index (Phi) is 5.24. The molecule has 0 atom stereocenters. The van der Waals surface area contributed by atoms with Crippen LogP contribution in [0.5, 0.6) is 0 Å². The normalized spacial score (nSPS) is 14.2. The molecule has 8 heteroatoms. The summed E-state index contributed by atoms with van der Waals surface area (Å²) in [5, 5.41) is 15.0. The molecule has 2 N–H and O–H groups in total. The van der Waals surface area contributed by atoms with Crippen molar-refractivity contribution < 1.29 is 4.79 Å². The minimum atomic E-state index is -0.277. The molecule has 0 saturated carbocycles. The SMILES string of the molecule is CC(C)c1nnc(NC(=O)NCc2ccnc(N3CCCC3)c2)s1. The lowest BCUT2D eigenvalue weighted by Crippen LogP contribution is -2.28. The van der Waals surface area contributed by atoms with Gasteiger partial charge in [-0.15, -0.1) is 10.2 Å².